The molecule has 0 bridgehead atoms. The molecule has 0 aromatic heterocycles. The highest BCUT2D eigenvalue weighted by Gasteiger charge is 2.35. The topological polar surface area (TPSA) is 54.5 Å². The maximum absolute atomic E-state index is 12.4. The van der Waals surface area contributed by atoms with Crippen molar-refractivity contribution in [1.29, 1.82) is 0 Å². The van der Waals surface area contributed by atoms with E-state index in [1.54, 1.807) is 37.3 Å². The summed E-state index contributed by atoms with van der Waals surface area (Å²) in [5, 5.41) is 0.678. The minimum Gasteiger partial charge on any atom is -0.294 e. The molecule has 6 heteroatoms. The van der Waals surface area contributed by atoms with Crippen molar-refractivity contribution in [2.75, 3.05) is 6.54 Å². The van der Waals surface area contributed by atoms with Crippen LogP contribution in [0.15, 0.2) is 36.4 Å². The van der Waals surface area contributed by atoms with Gasteiger partial charge in [-0.1, -0.05) is 35.3 Å². The van der Waals surface area contributed by atoms with Gasteiger partial charge in [0.25, 0.3) is 11.8 Å². The number of benzene rings is 2. The Balaban J connectivity index is 1.75. The second kappa shape index (κ2) is 6.38. The molecule has 4 nitrogen and oxygen atoms in total. The van der Waals surface area contributed by atoms with Crippen LogP contribution in [0.2, 0.25) is 10.0 Å². The number of hydrogen-bond acceptors (Lipinski definition) is 3. The number of hydrogen-bond donors (Lipinski definition) is 0. The fraction of sp³-hybridized carbons (Fsp3) is 0.167. The van der Waals surface area contributed by atoms with Gasteiger partial charge >= 0.3 is 0 Å². The van der Waals surface area contributed by atoms with E-state index < -0.39 is 0 Å². The Kier molecular flexibility index (Phi) is 4.43. The van der Waals surface area contributed by atoms with Crippen molar-refractivity contribution in [2.24, 2.45) is 0 Å². The summed E-state index contributed by atoms with van der Waals surface area (Å²) in [6.45, 7) is 1.79. The predicted molar refractivity (Wildman–Crippen MR) is 92.0 cm³/mol. The van der Waals surface area contributed by atoms with Crippen LogP contribution in [0.5, 0.6) is 0 Å². The normalized spacial score (nSPS) is 13.4. The van der Waals surface area contributed by atoms with Gasteiger partial charge in [-0.25, -0.2) is 0 Å². The zero-order valence-electron chi connectivity index (χ0n) is 12.8. The lowest BCUT2D eigenvalue weighted by molar-refractivity contribution is 0.0649. The molecule has 0 atom stereocenters. The lowest BCUT2D eigenvalue weighted by Gasteiger charge is -2.14. The summed E-state index contributed by atoms with van der Waals surface area (Å²) < 4.78 is 0. The number of halogens is 2. The molecule has 0 fully saturated rings. The molecule has 1 aliphatic rings. The Morgan fingerprint density at radius 1 is 1.00 bits per heavy atom. The first-order chi connectivity index (χ1) is 11.4. The van der Waals surface area contributed by atoms with E-state index in [0.29, 0.717) is 32.3 Å². The highest BCUT2D eigenvalue weighted by molar-refractivity contribution is 6.42. The third kappa shape index (κ3) is 2.83. The maximum Gasteiger partial charge on any atom is 0.261 e. The van der Waals surface area contributed by atoms with Gasteiger partial charge in [-0.3, -0.25) is 19.3 Å². The van der Waals surface area contributed by atoms with Crippen LogP contribution in [-0.4, -0.2) is 29.0 Å². The van der Waals surface area contributed by atoms with Crippen molar-refractivity contribution in [3.8, 4) is 0 Å². The van der Waals surface area contributed by atoms with Crippen molar-refractivity contribution in [3.63, 3.8) is 0 Å². The summed E-state index contributed by atoms with van der Waals surface area (Å²) in [5.74, 6) is -0.925. The first-order valence-corrected chi connectivity index (χ1v) is 8.10. The highest BCUT2D eigenvalue weighted by atomic mass is 35.5. The van der Waals surface area contributed by atoms with Crippen molar-refractivity contribution < 1.29 is 14.4 Å². The molecule has 122 valence electrons. The predicted octanol–water partition coefficient (Wildman–Crippen LogP) is 4.17. The molecule has 2 aromatic carbocycles. The summed E-state index contributed by atoms with van der Waals surface area (Å²) in [6, 6.07) is 9.78. The maximum atomic E-state index is 12.4. The van der Waals surface area contributed by atoms with E-state index in [-0.39, 0.29) is 30.6 Å². The molecule has 0 unspecified atom stereocenters. The van der Waals surface area contributed by atoms with Gasteiger partial charge in [-0.15, -0.1) is 0 Å². The Bertz CT molecular complexity index is 842. The van der Waals surface area contributed by atoms with E-state index in [0.717, 1.165) is 4.90 Å². The largest absolute Gasteiger partial charge is 0.294 e. The number of carbonyl (C=O) groups excluding carboxylic acids is 3. The number of aryl methyl sites for hydroxylation is 1. The zero-order chi connectivity index (χ0) is 17.4. The minimum atomic E-state index is -0.366. The number of Topliss-reactive ketones (excluding diaryl/α,β-unsaturated/α-hetero) is 1. The van der Waals surface area contributed by atoms with Gasteiger partial charge in [0.2, 0.25) is 0 Å². The van der Waals surface area contributed by atoms with Gasteiger partial charge in [-0.05, 0) is 36.8 Å². The minimum absolute atomic E-state index is 0.0320. The molecule has 24 heavy (non-hydrogen) atoms. The number of rotatable bonds is 4. The SMILES string of the molecule is Cc1cc(Cl)c(Cl)cc1C(=O)CCN1C(=O)c2ccccc2C1=O. The average Bonchev–Trinajstić information content (AvgIpc) is 2.80. The molecule has 3 rings (SSSR count). The number of amides is 2. The molecular formula is C18H13Cl2NO3. The van der Waals surface area contributed by atoms with Crippen LogP contribution in [-0.2, 0) is 0 Å². The molecule has 0 N–H and O–H groups in total. The standard InChI is InChI=1S/C18H13Cl2NO3/c1-10-8-14(19)15(20)9-13(10)16(22)6-7-21-17(23)11-4-2-3-5-12(11)18(21)24/h2-5,8-9H,6-7H2,1H3. The fourth-order valence-electron chi connectivity index (χ4n) is 2.74. The first-order valence-electron chi connectivity index (χ1n) is 7.34. The van der Waals surface area contributed by atoms with Crippen molar-refractivity contribution in [2.45, 2.75) is 13.3 Å². The molecule has 2 amide bonds. The van der Waals surface area contributed by atoms with E-state index in [9.17, 15) is 14.4 Å². The quantitative estimate of drug-likeness (QED) is 0.606. The number of ketones is 1. The smallest absolute Gasteiger partial charge is 0.261 e. The van der Waals surface area contributed by atoms with Crippen LogP contribution in [0, 0.1) is 6.92 Å². The lowest BCUT2D eigenvalue weighted by atomic mass is 10.0. The van der Waals surface area contributed by atoms with Gasteiger partial charge in [0.15, 0.2) is 5.78 Å². The second-order valence-electron chi connectivity index (χ2n) is 5.56. The Morgan fingerprint density at radius 2 is 1.54 bits per heavy atom. The van der Waals surface area contributed by atoms with Gasteiger partial charge in [0.05, 0.1) is 21.2 Å². The molecule has 1 aliphatic heterocycles. The van der Waals surface area contributed by atoms with Gasteiger partial charge in [-0.2, -0.15) is 0 Å². The average molecular weight is 362 g/mol. The number of fused-ring (bicyclic) bond motifs is 1. The van der Waals surface area contributed by atoms with Crippen LogP contribution in [0.1, 0.15) is 43.1 Å². The van der Waals surface area contributed by atoms with Crippen LogP contribution in [0.25, 0.3) is 0 Å². The van der Waals surface area contributed by atoms with Gasteiger partial charge in [0.1, 0.15) is 0 Å². The molecule has 1 heterocycles. The molecule has 0 aliphatic carbocycles. The van der Waals surface area contributed by atoms with Crippen LogP contribution < -0.4 is 0 Å². The summed E-state index contributed by atoms with van der Waals surface area (Å²) in [6.07, 6.45) is 0.0320. The fourth-order valence-corrected chi connectivity index (χ4v) is 3.12. The van der Waals surface area contributed by atoms with Crippen molar-refractivity contribution in [3.05, 3.63) is 68.7 Å². The summed E-state index contributed by atoms with van der Waals surface area (Å²) in [4.78, 5) is 38.1. The third-order valence-corrected chi connectivity index (χ3v) is 4.73. The highest BCUT2D eigenvalue weighted by Crippen LogP contribution is 2.27. The first kappa shape index (κ1) is 16.7. The van der Waals surface area contributed by atoms with Gasteiger partial charge < -0.3 is 0 Å². The molecule has 0 radical (unpaired) electrons. The summed E-state index contributed by atoms with van der Waals surface area (Å²) >= 11 is 11.9. The summed E-state index contributed by atoms with van der Waals surface area (Å²) in [7, 11) is 0. The lowest BCUT2D eigenvalue weighted by Crippen LogP contribution is -2.32. The Labute approximate surface area is 149 Å². The van der Waals surface area contributed by atoms with Crippen LogP contribution in [0.4, 0.5) is 0 Å². The van der Waals surface area contributed by atoms with Gasteiger partial charge in [0, 0.05) is 18.5 Å². The number of nitrogens with zero attached hydrogens (tertiary/aromatic N) is 1. The monoisotopic (exact) mass is 361 g/mol. The molecule has 0 saturated carbocycles. The van der Waals surface area contributed by atoms with Crippen LogP contribution in [0.3, 0.4) is 0 Å². The zero-order valence-corrected chi connectivity index (χ0v) is 14.3. The summed E-state index contributed by atoms with van der Waals surface area (Å²) in [5.41, 5.74) is 1.90. The molecule has 0 spiro atoms. The van der Waals surface area contributed by atoms with E-state index in [2.05, 4.69) is 0 Å². The third-order valence-electron chi connectivity index (χ3n) is 4.01. The molecule has 0 saturated heterocycles. The van der Waals surface area contributed by atoms with Crippen molar-refractivity contribution in [1.82, 2.24) is 4.90 Å². The van der Waals surface area contributed by atoms with E-state index in [4.69, 9.17) is 23.2 Å². The number of carbonyl (C=O) groups is 3. The van der Waals surface area contributed by atoms with Crippen LogP contribution >= 0.6 is 23.2 Å². The number of imide groups is 1. The van der Waals surface area contributed by atoms with E-state index in [1.807, 2.05) is 0 Å². The van der Waals surface area contributed by atoms with E-state index >= 15 is 0 Å². The molecule has 2 aromatic rings. The second-order valence-corrected chi connectivity index (χ2v) is 6.38. The molecular weight excluding hydrogens is 349 g/mol. The Hall–Kier alpha value is -2.17. The van der Waals surface area contributed by atoms with E-state index in [1.165, 1.54) is 6.07 Å². The van der Waals surface area contributed by atoms with Crippen molar-refractivity contribution >= 4 is 40.8 Å². The Morgan fingerprint density at radius 3 is 2.12 bits per heavy atom.